The summed E-state index contributed by atoms with van der Waals surface area (Å²) in [6, 6.07) is 1.85. The van der Waals surface area contributed by atoms with Crippen LogP contribution in [0.3, 0.4) is 0 Å². The Morgan fingerprint density at radius 3 is 3.27 bits per heavy atom. The maximum Gasteiger partial charge on any atom is 0.124 e. The van der Waals surface area contributed by atoms with Gasteiger partial charge in [0.1, 0.15) is 6.26 Å². The van der Waals surface area contributed by atoms with Crippen molar-refractivity contribution in [2.75, 3.05) is 6.54 Å². The van der Waals surface area contributed by atoms with E-state index in [4.69, 9.17) is 0 Å². The van der Waals surface area contributed by atoms with Crippen molar-refractivity contribution in [3.8, 4) is 0 Å². The number of hydrogen-bond acceptors (Lipinski definition) is 3. The number of nitrogens with zero attached hydrogens (tertiary/aromatic N) is 1. The molecule has 3 nitrogen and oxygen atoms in total. The summed E-state index contributed by atoms with van der Waals surface area (Å²) in [5, 5.41) is 6.93. The average Bonchev–Trinajstić information content (AvgIpc) is 2.50. The molecule has 0 saturated carbocycles. The Labute approximate surface area is 66.1 Å². The maximum atomic E-state index is 4.66. The third-order valence-corrected chi connectivity index (χ3v) is 1.30. The molecule has 0 spiro atoms. The predicted molar refractivity (Wildman–Crippen MR) is 43.0 cm³/mol. The van der Waals surface area contributed by atoms with Crippen molar-refractivity contribution < 1.29 is 4.52 Å². The molecule has 0 amide bonds. The first-order valence-electron chi connectivity index (χ1n) is 3.64. The smallest absolute Gasteiger partial charge is 0.124 e. The monoisotopic (exact) mass is 152 g/mol. The van der Waals surface area contributed by atoms with Crippen molar-refractivity contribution in [3.63, 3.8) is 0 Å². The van der Waals surface area contributed by atoms with Crippen molar-refractivity contribution in [1.82, 2.24) is 10.5 Å². The highest BCUT2D eigenvalue weighted by Crippen LogP contribution is 1.91. The van der Waals surface area contributed by atoms with Crippen LogP contribution in [0, 0.1) is 0 Å². The van der Waals surface area contributed by atoms with Crippen LogP contribution in [0.1, 0.15) is 12.6 Å². The molecule has 60 valence electrons. The van der Waals surface area contributed by atoms with Gasteiger partial charge < -0.3 is 9.84 Å². The van der Waals surface area contributed by atoms with Crippen LogP contribution in [0.15, 0.2) is 29.0 Å². The summed E-state index contributed by atoms with van der Waals surface area (Å²) in [6.07, 6.45) is 5.64. The molecule has 1 N–H and O–H groups in total. The van der Waals surface area contributed by atoms with E-state index in [9.17, 15) is 0 Å². The fourth-order valence-electron chi connectivity index (χ4n) is 0.730. The molecule has 1 aromatic heterocycles. The van der Waals surface area contributed by atoms with Crippen molar-refractivity contribution in [1.29, 1.82) is 0 Å². The van der Waals surface area contributed by atoms with Crippen molar-refractivity contribution in [2.45, 2.75) is 13.5 Å². The molecule has 0 aliphatic rings. The molecule has 0 radical (unpaired) electrons. The molecule has 0 aliphatic heterocycles. The molecular formula is C8H12N2O. The van der Waals surface area contributed by atoms with Gasteiger partial charge in [0.05, 0.1) is 5.69 Å². The van der Waals surface area contributed by atoms with Crippen LogP contribution >= 0.6 is 0 Å². The van der Waals surface area contributed by atoms with Crippen LogP contribution in [-0.4, -0.2) is 11.7 Å². The molecule has 0 saturated heterocycles. The highest BCUT2D eigenvalue weighted by Gasteiger charge is 1.92. The third-order valence-electron chi connectivity index (χ3n) is 1.30. The first-order chi connectivity index (χ1) is 5.43. The first-order valence-corrected chi connectivity index (χ1v) is 3.64. The lowest BCUT2D eigenvalue weighted by atomic mass is 10.4. The van der Waals surface area contributed by atoms with E-state index in [-0.39, 0.29) is 0 Å². The topological polar surface area (TPSA) is 38.1 Å². The zero-order valence-corrected chi connectivity index (χ0v) is 6.58. The lowest BCUT2D eigenvalue weighted by Crippen LogP contribution is -2.12. The van der Waals surface area contributed by atoms with E-state index >= 15 is 0 Å². The van der Waals surface area contributed by atoms with E-state index in [1.807, 2.05) is 19.1 Å². The summed E-state index contributed by atoms with van der Waals surface area (Å²) in [6.45, 7) is 3.64. The van der Waals surface area contributed by atoms with Crippen molar-refractivity contribution >= 4 is 0 Å². The lowest BCUT2D eigenvalue weighted by molar-refractivity contribution is 0.409. The minimum Gasteiger partial charge on any atom is -0.364 e. The van der Waals surface area contributed by atoms with Crippen LogP contribution in [0.4, 0.5) is 0 Å². The molecule has 11 heavy (non-hydrogen) atoms. The Bertz CT molecular complexity index is 204. The van der Waals surface area contributed by atoms with Gasteiger partial charge in [0.15, 0.2) is 0 Å². The highest BCUT2D eigenvalue weighted by atomic mass is 16.5. The standard InChI is InChI=1S/C8H12N2O/c1-2-3-5-9-7-8-4-6-11-10-8/h2-4,6,9H,5,7H2,1H3/b3-2+. The molecule has 1 aromatic rings. The van der Waals surface area contributed by atoms with E-state index in [1.54, 1.807) is 6.26 Å². The van der Waals surface area contributed by atoms with Gasteiger partial charge in [0, 0.05) is 19.2 Å². The van der Waals surface area contributed by atoms with Gasteiger partial charge in [0.25, 0.3) is 0 Å². The molecule has 3 heteroatoms. The minimum absolute atomic E-state index is 0.765. The Hall–Kier alpha value is -1.09. The van der Waals surface area contributed by atoms with Crippen LogP contribution in [0.25, 0.3) is 0 Å². The molecule has 0 fully saturated rings. The van der Waals surface area contributed by atoms with E-state index in [0.29, 0.717) is 0 Å². The number of aromatic nitrogens is 1. The molecule has 0 aromatic carbocycles. The van der Waals surface area contributed by atoms with Crippen LogP contribution in [-0.2, 0) is 6.54 Å². The average molecular weight is 152 g/mol. The number of nitrogens with one attached hydrogen (secondary N) is 1. The predicted octanol–water partition coefficient (Wildman–Crippen LogP) is 1.34. The Balaban J connectivity index is 2.14. The first kappa shape index (κ1) is 8.01. The second kappa shape index (κ2) is 4.68. The van der Waals surface area contributed by atoms with Crippen molar-refractivity contribution in [2.24, 2.45) is 0 Å². The van der Waals surface area contributed by atoms with Crippen molar-refractivity contribution in [3.05, 3.63) is 30.2 Å². The Kier molecular flexibility index (Phi) is 3.41. The maximum absolute atomic E-state index is 4.66. The molecular weight excluding hydrogens is 140 g/mol. The zero-order chi connectivity index (χ0) is 7.94. The Morgan fingerprint density at radius 2 is 2.64 bits per heavy atom. The molecule has 0 atom stereocenters. The minimum atomic E-state index is 0.765. The van der Waals surface area contributed by atoms with Gasteiger partial charge in [-0.05, 0) is 6.92 Å². The summed E-state index contributed by atoms with van der Waals surface area (Å²) in [7, 11) is 0. The van der Waals surface area contributed by atoms with Crippen LogP contribution in [0.2, 0.25) is 0 Å². The second-order valence-corrected chi connectivity index (χ2v) is 2.19. The zero-order valence-electron chi connectivity index (χ0n) is 6.58. The van der Waals surface area contributed by atoms with Crippen LogP contribution in [0.5, 0.6) is 0 Å². The molecule has 1 heterocycles. The van der Waals surface area contributed by atoms with Gasteiger partial charge in [-0.15, -0.1) is 0 Å². The SMILES string of the molecule is C/C=C/CNCc1ccon1. The van der Waals surface area contributed by atoms with Gasteiger partial charge in [-0.1, -0.05) is 17.3 Å². The molecule has 0 bridgehead atoms. The van der Waals surface area contributed by atoms with Crippen LogP contribution < -0.4 is 5.32 Å². The normalized spacial score (nSPS) is 11.0. The number of hydrogen-bond donors (Lipinski definition) is 1. The quantitative estimate of drug-likeness (QED) is 0.522. The molecule has 1 rings (SSSR count). The van der Waals surface area contributed by atoms with E-state index < -0.39 is 0 Å². The largest absolute Gasteiger partial charge is 0.364 e. The Morgan fingerprint density at radius 1 is 1.73 bits per heavy atom. The second-order valence-electron chi connectivity index (χ2n) is 2.19. The van der Waals surface area contributed by atoms with Gasteiger partial charge in [0.2, 0.25) is 0 Å². The molecule has 0 aliphatic carbocycles. The van der Waals surface area contributed by atoms with Gasteiger partial charge in [-0.3, -0.25) is 0 Å². The lowest BCUT2D eigenvalue weighted by Gasteiger charge is -1.94. The van der Waals surface area contributed by atoms with Gasteiger partial charge >= 0.3 is 0 Å². The van der Waals surface area contributed by atoms with E-state index in [1.165, 1.54) is 0 Å². The van der Waals surface area contributed by atoms with Gasteiger partial charge in [-0.25, -0.2) is 0 Å². The third kappa shape index (κ3) is 3.00. The molecule has 0 unspecified atom stereocenters. The fourth-order valence-corrected chi connectivity index (χ4v) is 0.730. The summed E-state index contributed by atoms with van der Waals surface area (Å²) < 4.78 is 4.66. The summed E-state index contributed by atoms with van der Waals surface area (Å²) in [5.74, 6) is 0. The summed E-state index contributed by atoms with van der Waals surface area (Å²) in [4.78, 5) is 0. The highest BCUT2D eigenvalue weighted by molar-refractivity contribution is 4.94. The van der Waals surface area contributed by atoms with E-state index in [0.717, 1.165) is 18.8 Å². The summed E-state index contributed by atoms with van der Waals surface area (Å²) >= 11 is 0. The number of allylic oxidation sites excluding steroid dienone is 1. The number of rotatable bonds is 4. The van der Waals surface area contributed by atoms with Gasteiger partial charge in [-0.2, -0.15) is 0 Å². The summed E-state index contributed by atoms with van der Waals surface area (Å²) in [5.41, 5.74) is 0.939. The van der Waals surface area contributed by atoms with E-state index in [2.05, 4.69) is 21.1 Å². The fraction of sp³-hybridized carbons (Fsp3) is 0.375.